The van der Waals surface area contributed by atoms with Crippen molar-refractivity contribution in [2.24, 2.45) is 0 Å². The smallest absolute Gasteiger partial charge is 0.169 e. The van der Waals surface area contributed by atoms with Crippen LogP contribution >= 0.6 is 27.3 Å². The summed E-state index contributed by atoms with van der Waals surface area (Å²) in [6.07, 6.45) is 2.89. The number of benzene rings is 1. The van der Waals surface area contributed by atoms with Gasteiger partial charge in [0.15, 0.2) is 5.82 Å². The van der Waals surface area contributed by atoms with Crippen LogP contribution in [0.25, 0.3) is 10.7 Å². The van der Waals surface area contributed by atoms with Crippen LogP contribution < -0.4 is 0 Å². The maximum Gasteiger partial charge on any atom is 0.169 e. The van der Waals surface area contributed by atoms with Crippen molar-refractivity contribution in [2.75, 3.05) is 0 Å². The molecule has 0 atom stereocenters. The van der Waals surface area contributed by atoms with Crippen molar-refractivity contribution in [1.82, 2.24) is 9.97 Å². The van der Waals surface area contributed by atoms with Crippen molar-refractivity contribution >= 4 is 27.3 Å². The highest BCUT2D eigenvalue weighted by Crippen LogP contribution is 2.30. The molecule has 3 aromatic rings. The van der Waals surface area contributed by atoms with Crippen LogP contribution in [0.1, 0.15) is 41.9 Å². The third-order valence-electron chi connectivity index (χ3n) is 4.25. The summed E-state index contributed by atoms with van der Waals surface area (Å²) in [5, 5.41) is 0. The van der Waals surface area contributed by atoms with E-state index in [-0.39, 0.29) is 0 Å². The highest BCUT2D eigenvalue weighted by molar-refractivity contribution is 9.11. The maximum absolute atomic E-state index is 4.90. The Hall–Kier alpha value is -1.52. The standard InChI is InChI=1S/C20H21BrN2S/c1-4-14-6-8-15(9-7-14)12-17-16(5-2)13(3)22-20(23-17)18-10-11-19(21)24-18/h6-11H,4-5,12H2,1-3H3. The van der Waals surface area contributed by atoms with Gasteiger partial charge in [-0.25, -0.2) is 9.97 Å². The van der Waals surface area contributed by atoms with Gasteiger partial charge in [0.25, 0.3) is 0 Å². The molecule has 2 heterocycles. The van der Waals surface area contributed by atoms with Gasteiger partial charge in [0.1, 0.15) is 0 Å². The average molecular weight is 401 g/mol. The van der Waals surface area contributed by atoms with Gasteiger partial charge < -0.3 is 0 Å². The Morgan fingerprint density at radius 3 is 2.21 bits per heavy atom. The van der Waals surface area contributed by atoms with Crippen LogP contribution in [-0.2, 0) is 19.3 Å². The minimum Gasteiger partial charge on any atom is -0.232 e. The molecule has 1 aromatic carbocycles. The highest BCUT2D eigenvalue weighted by atomic mass is 79.9. The van der Waals surface area contributed by atoms with Crippen LogP contribution in [0.3, 0.4) is 0 Å². The fourth-order valence-electron chi connectivity index (χ4n) is 2.89. The molecular weight excluding hydrogens is 380 g/mol. The van der Waals surface area contributed by atoms with Gasteiger partial charge in [-0.3, -0.25) is 0 Å². The SMILES string of the molecule is CCc1ccc(Cc2nc(-c3ccc(Br)s3)nc(C)c2CC)cc1. The van der Waals surface area contributed by atoms with Crippen LogP contribution in [0, 0.1) is 6.92 Å². The molecule has 2 aromatic heterocycles. The quantitative estimate of drug-likeness (QED) is 0.525. The predicted octanol–water partition coefficient (Wildman–Crippen LogP) is 5.99. The maximum atomic E-state index is 4.90. The van der Waals surface area contributed by atoms with E-state index in [0.29, 0.717) is 0 Å². The number of thiophene rings is 1. The molecule has 24 heavy (non-hydrogen) atoms. The molecule has 124 valence electrons. The summed E-state index contributed by atoms with van der Waals surface area (Å²) < 4.78 is 1.11. The molecule has 4 heteroatoms. The van der Waals surface area contributed by atoms with Gasteiger partial charge in [-0.05, 0) is 64.5 Å². The number of aromatic nitrogens is 2. The van der Waals surface area contributed by atoms with Crippen molar-refractivity contribution in [2.45, 2.75) is 40.0 Å². The Bertz CT molecular complexity index is 837. The minimum absolute atomic E-state index is 0.834. The zero-order chi connectivity index (χ0) is 17.1. The van der Waals surface area contributed by atoms with E-state index in [1.807, 2.05) is 0 Å². The van der Waals surface area contributed by atoms with Crippen molar-refractivity contribution in [1.29, 1.82) is 0 Å². The Kier molecular flexibility index (Phi) is 5.47. The third kappa shape index (κ3) is 3.76. The number of rotatable bonds is 5. The molecule has 0 amide bonds. The molecular formula is C20H21BrN2S. The lowest BCUT2D eigenvalue weighted by Gasteiger charge is -2.12. The summed E-state index contributed by atoms with van der Waals surface area (Å²) >= 11 is 5.20. The van der Waals surface area contributed by atoms with Crippen molar-refractivity contribution < 1.29 is 0 Å². The third-order valence-corrected chi connectivity index (χ3v) is 5.87. The fraction of sp³-hybridized carbons (Fsp3) is 0.300. The van der Waals surface area contributed by atoms with E-state index in [1.165, 1.54) is 16.7 Å². The van der Waals surface area contributed by atoms with Crippen molar-refractivity contribution in [3.63, 3.8) is 0 Å². The number of aryl methyl sites for hydroxylation is 2. The first kappa shape index (κ1) is 17.3. The predicted molar refractivity (Wildman–Crippen MR) is 106 cm³/mol. The molecule has 0 fully saturated rings. The molecule has 3 rings (SSSR count). The summed E-state index contributed by atoms with van der Waals surface area (Å²) in [7, 11) is 0. The molecule has 0 N–H and O–H groups in total. The van der Waals surface area contributed by atoms with Crippen molar-refractivity contribution in [3.05, 3.63) is 68.3 Å². The monoisotopic (exact) mass is 400 g/mol. The second-order valence-corrected chi connectivity index (χ2v) is 8.33. The molecule has 0 bridgehead atoms. The molecule has 0 aliphatic heterocycles. The van der Waals surface area contributed by atoms with E-state index < -0.39 is 0 Å². The van der Waals surface area contributed by atoms with Gasteiger partial charge in [0.2, 0.25) is 0 Å². The van der Waals surface area contributed by atoms with E-state index in [9.17, 15) is 0 Å². The topological polar surface area (TPSA) is 25.8 Å². The van der Waals surface area contributed by atoms with Crippen LogP contribution in [-0.4, -0.2) is 9.97 Å². The first-order valence-electron chi connectivity index (χ1n) is 8.30. The summed E-state index contributed by atoms with van der Waals surface area (Å²) in [5.41, 5.74) is 6.19. The molecule has 0 saturated heterocycles. The second kappa shape index (κ2) is 7.58. The number of hydrogen-bond acceptors (Lipinski definition) is 3. The lowest BCUT2D eigenvalue weighted by Crippen LogP contribution is -2.05. The van der Waals surface area contributed by atoms with Gasteiger partial charge in [-0.1, -0.05) is 38.1 Å². The van der Waals surface area contributed by atoms with Gasteiger partial charge in [-0.2, -0.15) is 0 Å². The summed E-state index contributed by atoms with van der Waals surface area (Å²) in [5.74, 6) is 0.834. The van der Waals surface area contributed by atoms with E-state index in [1.54, 1.807) is 11.3 Å². The van der Waals surface area contributed by atoms with Gasteiger partial charge >= 0.3 is 0 Å². The lowest BCUT2D eigenvalue weighted by molar-refractivity contribution is 0.926. The Morgan fingerprint density at radius 1 is 0.917 bits per heavy atom. The van der Waals surface area contributed by atoms with Gasteiger partial charge in [-0.15, -0.1) is 11.3 Å². The number of hydrogen-bond donors (Lipinski definition) is 0. The zero-order valence-electron chi connectivity index (χ0n) is 14.3. The largest absolute Gasteiger partial charge is 0.232 e. The van der Waals surface area contributed by atoms with E-state index >= 15 is 0 Å². The van der Waals surface area contributed by atoms with E-state index in [0.717, 1.165) is 45.1 Å². The molecule has 0 unspecified atom stereocenters. The summed E-state index contributed by atoms with van der Waals surface area (Å²) in [6, 6.07) is 13.0. The summed E-state index contributed by atoms with van der Waals surface area (Å²) in [6.45, 7) is 6.45. The van der Waals surface area contributed by atoms with Crippen molar-refractivity contribution in [3.8, 4) is 10.7 Å². The van der Waals surface area contributed by atoms with Crippen LogP contribution in [0.2, 0.25) is 0 Å². The number of halogens is 1. The molecule has 0 aliphatic carbocycles. The summed E-state index contributed by atoms with van der Waals surface area (Å²) in [4.78, 5) is 10.7. The molecule has 2 nitrogen and oxygen atoms in total. The van der Waals surface area contributed by atoms with E-state index in [2.05, 4.69) is 73.1 Å². The second-order valence-electron chi connectivity index (χ2n) is 5.86. The highest BCUT2D eigenvalue weighted by Gasteiger charge is 2.13. The molecule has 0 saturated carbocycles. The normalized spacial score (nSPS) is 11.0. The average Bonchev–Trinajstić information content (AvgIpc) is 3.02. The molecule has 0 aliphatic rings. The first-order valence-corrected chi connectivity index (χ1v) is 9.91. The Labute approximate surface area is 156 Å². The van der Waals surface area contributed by atoms with Gasteiger partial charge in [0.05, 0.1) is 14.4 Å². The van der Waals surface area contributed by atoms with Crippen LogP contribution in [0.5, 0.6) is 0 Å². The van der Waals surface area contributed by atoms with Gasteiger partial charge in [0, 0.05) is 12.1 Å². The van der Waals surface area contributed by atoms with Crippen LogP contribution in [0.15, 0.2) is 40.2 Å². The lowest BCUT2D eigenvalue weighted by atomic mass is 10.0. The number of nitrogens with zero attached hydrogens (tertiary/aromatic N) is 2. The fourth-order valence-corrected chi connectivity index (χ4v) is 4.21. The molecule has 0 spiro atoms. The zero-order valence-corrected chi connectivity index (χ0v) is 16.7. The first-order chi connectivity index (χ1) is 11.6. The molecule has 0 radical (unpaired) electrons. The minimum atomic E-state index is 0.834. The van der Waals surface area contributed by atoms with Crippen LogP contribution in [0.4, 0.5) is 0 Å². The Morgan fingerprint density at radius 2 is 1.62 bits per heavy atom. The Balaban J connectivity index is 1.99. The van der Waals surface area contributed by atoms with E-state index in [4.69, 9.17) is 9.97 Å².